The van der Waals surface area contributed by atoms with Crippen LogP contribution in [0.4, 0.5) is 0 Å². The standard InChI is InChI=1S/C13H20N4O3/c1-17-8-10(7-15-17)12(13(19)20)16-11(18)3-2-9-4-5-14-6-9/h7-9,12,14H,2-6H2,1H3,(H,16,18)(H,19,20). The lowest BCUT2D eigenvalue weighted by atomic mass is 10.0. The minimum atomic E-state index is -1.08. The Morgan fingerprint density at radius 3 is 3.00 bits per heavy atom. The Morgan fingerprint density at radius 1 is 1.65 bits per heavy atom. The lowest BCUT2D eigenvalue weighted by Crippen LogP contribution is -2.33. The van der Waals surface area contributed by atoms with Gasteiger partial charge in [0.25, 0.3) is 0 Å². The molecule has 0 aliphatic carbocycles. The van der Waals surface area contributed by atoms with E-state index in [1.165, 1.54) is 10.9 Å². The molecule has 7 heteroatoms. The second-order valence-corrected chi connectivity index (χ2v) is 5.18. The minimum Gasteiger partial charge on any atom is -0.479 e. The molecule has 0 spiro atoms. The third-order valence-electron chi connectivity index (χ3n) is 3.55. The van der Waals surface area contributed by atoms with E-state index in [2.05, 4.69) is 15.7 Å². The van der Waals surface area contributed by atoms with Gasteiger partial charge in [-0.3, -0.25) is 9.48 Å². The molecule has 1 aromatic rings. The summed E-state index contributed by atoms with van der Waals surface area (Å²) in [7, 11) is 1.71. The Morgan fingerprint density at radius 2 is 2.45 bits per heavy atom. The quantitative estimate of drug-likeness (QED) is 0.684. The van der Waals surface area contributed by atoms with Gasteiger partial charge < -0.3 is 15.7 Å². The molecular formula is C13H20N4O3. The van der Waals surface area contributed by atoms with E-state index in [0.29, 0.717) is 17.9 Å². The molecule has 7 nitrogen and oxygen atoms in total. The normalized spacial score (nSPS) is 19.8. The molecule has 110 valence electrons. The third-order valence-corrected chi connectivity index (χ3v) is 3.55. The predicted molar refractivity (Wildman–Crippen MR) is 71.9 cm³/mol. The molecule has 20 heavy (non-hydrogen) atoms. The second kappa shape index (κ2) is 6.51. The van der Waals surface area contributed by atoms with Crippen LogP contribution in [0.1, 0.15) is 30.9 Å². The lowest BCUT2D eigenvalue weighted by molar-refractivity contribution is -0.142. The highest BCUT2D eigenvalue weighted by atomic mass is 16.4. The summed E-state index contributed by atoms with van der Waals surface area (Å²) in [6.07, 6.45) is 5.28. The van der Waals surface area contributed by atoms with Crippen LogP contribution in [0.2, 0.25) is 0 Å². The first-order chi connectivity index (χ1) is 9.56. The molecule has 1 saturated heterocycles. The minimum absolute atomic E-state index is 0.229. The molecule has 2 rings (SSSR count). The maximum atomic E-state index is 11.9. The molecule has 1 fully saturated rings. The molecule has 0 saturated carbocycles. The summed E-state index contributed by atoms with van der Waals surface area (Å²) in [6.45, 7) is 1.94. The number of hydrogen-bond acceptors (Lipinski definition) is 4. The first kappa shape index (κ1) is 14.5. The average Bonchev–Trinajstić information content (AvgIpc) is 3.04. The van der Waals surface area contributed by atoms with E-state index in [1.807, 2.05) is 0 Å². The van der Waals surface area contributed by atoms with Crippen molar-refractivity contribution in [3.63, 3.8) is 0 Å². The van der Waals surface area contributed by atoms with Crippen molar-refractivity contribution in [1.82, 2.24) is 20.4 Å². The molecule has 1 aromatic heterocycles. The fraction of sp³-hybridized carbons (Fsp3) is 0.615. The smallest absolute Gasteiger partial charge is 0.331 e. The maximum absolute atomic E-state index is 11.9. The van der Waals surface area contributed by atoms with Gasteiger partial charge in [-0.1, -0.05) is 0 Å². The van der Waals surface area contributed by atoms with Crippen molar-refractivity contribution in [3.05, 3.63) is 18.0 Å². The molecule has 2 atom stereocenters. The van der Waals surface area contributed by atoms with E-state index in [-0.39, 0.29) is 5.91 Å². The summed E-state index contributed by atoms with van der Waals surface area (Å²) in [5.74, 6) is -0.788. The fourth-order valence-electron chi connectivity index (χ4n) is 2.41. The topological polar surface area (TPSA) is 96.2 Å². The lowest BCUT2D eigenvalue weighted by Gasteiger charge is -2.14. The Bertz CT molecular complexity index is 480. The van der Waals surface area contributed by atoms with Gasteiger partial charge in [-0.05, 0) is 31.8 Å². The summed E-state index contributed by atoms with van der Waals surface area (Å²) >= 11 is 0. The van der Waals surface area contributed by atoms with Gasteiger partial charge in [-0.15, -0.1) is 0 Å². The van der Waals surface area contributed by atoms with E-state index in [4.69, 9.17) is 0 Å². The number of nitrogens with zero attached hydrogens (tertiary/aromatic N) is 2. The summed E-state index contributed by atoms with van der Waals surface area (Å²) in [6, 6.07) is -1.03. The highest BCUT2D eigenvalue weighted by Gasteiger charge is 2.24. The monoisotopic (exact) mass is 280 g/mol. The van der Waals surface area contributed by atoms with Crippen LogP contribution >= 0.6 is 0 Å². The Hall–Kier alpha value is -1.89. The Labute approximate surface area is 117 Å². The zero-order valence-corrected chi connectivity index (χ0v) is 11.5. The van der Waals surface area contributed by atoms with Crippen molar-refractivity contribution in [2.24, 2.45) is 13.0 Å². The van der Waals surface area contributed by atoms with Gasteiger partial charge in [0.1, 0.15) is 0 Å². The summed E-state index contributed by atoms with van der Waals surface area (Å²) in [5, 5.41) is 18.9. The summed E-state index contributed by atoms with van der Waals surface area (Å²) in [5.41, 5.74) is 0.482. The van der Waals surface area contributed by atoms with E-state index < -0.39 is 12.0 Å². The molecule has 3 N–H and O–H groups in total. The number of carboxylic acids is 1. The van der Waals surface area contributed by atoms with Gasteiger partial charge >= 0.3 is 5.97 Å². The van der Waals surface area contributed by atoms with Gasteiger partial charge in [0, 0.05) is 25.2 Å². The maximum Gasteiger partial charge on any atom is 0.331 e. The van der Waals surface area contributed by atoms with Gasteiger partial charge in [0.2, 0.25) is 5.91 Å². The third kappa shape index (κ3) is 3.80. The van der Waals surface area contributed by atoms with Crippen molar-refractivity contribution >= 4 is 11.9 Å². The van der Waals surface area contributed by atoms with Crippen molar-refractivity contribution in [2.45, 2.75) is 25.3 Å². The van der Waals surface area contributed by atoms with Gasteiger partial charge in [-0.2, -0.15) is 5.10 Å². The van der Waals surface area contributed by atoms with Crippen molar-refractivity contribution in [3.8, 4) is 0 Å². The van der Waals surface area contributed by atoms with Crippen molar-refractivity contribution in [1.29, 1.82) is 0 Å². The van der Waals surface area contributed by atoms with Gasteiger partial charge in [-0.25, -0.2) is 4.79 Å². The Kier molecular flexibility index (Phi) is 4.73. The number of hydrogen-bond donors (Lipinski definition) is 3. The van der Waals surface area contributed by atoms with Crippen LogP contribution in [0, 0.1) is 5.92 Å². The first-order valence-corrected chi connectivity index (χ1v) is 6.77. The van der Waals surface area contributed by atoms with E-state index in [9.17, 15) is 14.7 Å². The molecule has 1 amide bonds. The molecule has 0 radical (unpaired) electrons. The second-order valence-electron chi connectivity index (χ2n) is 5.18. The molecule has 1 aliphatic rings. The van der Waals surface area contributed by atoms with Gasteiger partial charge in [0.15, 0.2) is 6.04 Å². The number of carbonyl (C=O) groups excluding carboxylic acids is 1. The van der Waals surface area contributed by atoms with Crippen LogP contribution < -0.4 is 10.6 Å². The number of amides is 1. The number of carboxylic acid groups (broad SMARTS) is 1. The first-order valence-electron chi connectivity index (χ1n) is 6.77. The summed E-state index contributed by atoms with van der Waals surface area (Å²) in [4.78, 5) is 23.1. The van der Waals surface area contributed by atoms with E-state index in [0.717, 1.165) is 25.9 Å². The number of nitrogens with one attached hydrogen (secondary N) is 2. The number of aryl methyl sites for hydroxylation is 1. The van der Waals surface area contributed by atoms with Crippen LogP contribution in [-0.4, -0.2) is 39.9 Å². The molecule has 2 unspecified atom stereocenters. The van der Waals surface area contributed by atoms with Crippen molar-refractivity contribution in [2.75, 3.05) is 13.1 Å². The molecule has 0 aromatic carbocycles. The highest BCUT2D eigenvalue weighted by Crippen LogP contribution is 2.16. The number of rotatable bonds is 6. The Balaban J connectivity index is 1.87. The SMILES string of the molecule is Cn1cc(C(NC(=O)CCC2CCNC2)C(=O)O)cn1. The van der Waals surface area contributed by atoms with Crippen molar-refractivity contribution < 1.29 is 14.7 Å². The highest BCUT2D eigenvalue weighted by molar-refractivity contribution is 5.84. The molecule has 2 heterocycles. The number of carbonyl (C=O) groups is 2. The fourth-order valence-corrected chi connectivity index (χ4v) is 2.41. The zero-order valence-electron chi connectivity index (χ0n) is 11.5. The average molecular weight is 280 g/mol. The number of aliphatic carboxylic acids is 1. The van der Waals surface area contributed by atoms with E-state index >= 15 is 0 Å². The van der Waals surface area contributed by atoms with Crippen LogP contribution in [0.15, 0.2) is 12.4 Å². The largest absolute Gasteiger partial charge is 0.479 e. The van der Waals surface area contributed by atoms with Gasteiger partial charge in [0.05, 0.1) is 6.20 Å². The summed E-state index contributed by atoms with van der Waals surface area (Å²) < 4.78 is 1.52. The van der Waals surface area contributed by atoms with Crippen LogP contribution in [0.3, 0.4) is 0 Å². The number of aromatic nitrogens is 2. The van der Waals surface area contributed by atoms with E-state index in [1.54, 1.807) is 13.2 Å². The van der Waals surface area contributed by atoms with Crippen LogP contribution in [-0.2, 0) is 16.6 Å². The molecule has 1 aliphatic heterocycles. The van der Waals surface area contributed by atoms with Crippen LogP contribution in [0.5, 0.6) is 0 Å². The zero-order chi connectivity index (χ0) is 14.5. The molecule has 0 bridgehead atoms. The molecular weight excluding hydrogens is 260 g/mol. The van der Waals surface area contributed by atoms with Crippen LogP contribution in [0.25, 0.3) is 0 Å². The predicted octanol–water partition coefficient (Wildman–Crippen LogP) is 0.0517.